The molecule has 0 aliphatic rings. The molecule has 0 aliphatic carbocycles. The number of nitrogens with one attached hydrogen (secondary N) is 1. The normalized spacial score (nSPS) is 10.7. The molecule has 2 nitrogen and oxygen atoms in total. The van der Waals surface area contributed by atoms with Crippen molar-refractivity contribution in [2.75, 3.05) is 12.4 Å². The van der Waals surface area contributed by atoms with Crippen LogP contribution in [0.3, 0.4) is 0 Å². The highest BCUT2D eigenvalue weighted by Gasteiger charge is 1.96. The van der Waals surface area contributed by atoms with Crippen molar-refractivity contribution in [1.82, 2.24) is 0 Å². The number of anilines is 2. The number of methoxy groups -OCH3 is 1. The monoisotopic (exact) mass is 301 g/mol. The lowest BCUT2D eigenvalue weighted by molar-refractivity contribution is 0.415. The summed E-state index contributed by atoms with van der Waals surface area (Å²) < 4.78 is 5.16. The molecule has 0 aliphatic heterocycles. The first-order valence-electron chi connectivity index (χ1n) is 7.58. The van der Waals surface area contributed by atoms with Gasteiger partial charge >= 0.3 is 0 Å². The van der Waals surface area contributed by atoms with Crippen molar-refractivity contribution in [3.8, 4) is 5.75 Å². The van der Waals surface area contributed by atoms with Crippen molar-refractivity contribution in [1.29, 1.82) is 0 Å². The number of ether oxygens (including phenoxy) is 1. The highest BCUT2D eigenvalue weighted by Crippen LogP contribution is 2.20. The van der Waals surface area contributed by atoms with Crippen LogP contribution in [0.15, 0.2) is 78.9 Å². The third kappa shape index (κ3) is 4.24. The van der Waals surface area contributed by atoms with E-state index in [1.54, 1.807) is 7.11 Å². The third-order valence-electron chi connectivity index (χ3n) is 3.56. The van der Waals surface area contributed by atoms with Crippen LogP contribution in [0, 0.1) is 0 Å². The van der Waals surface area contributed by atoms with Gasteiger partial charge in [0.2, 0.25) is 0 Å². The summed E-state index contributed by atoms with van der Waals surface area (Å²) in [4.78, 5) is 0. The van der Waals surface area contributed by atoms with Crippen LogP contribution in [-0.4, -0.2) is 7.11 Å². The lowest BCUT2D eigenvalue weighted by Gasteiger charge is -2.07. The third-order valence-corrected chi connectivity index (χ3v) is 3.56. The van der Waals surface area contributed by atoms with Crippen LogP contribution in [0.25, 0.3) is 12.2 Å². The first kappa shape index (κ1) is 14.9. The second-order valence-corrected chi connectivity index (χ2v) is 5.22. The minimum Gasteiger partial charge on any atom is -0.497 e. The van der Waals surface area contributed by atoms with Crippen LogP contribution >= 0.6 is 0 Å². The van der Waals surface area contributed by atoms with Gasteiger partial charge in [0.05, 0.1) is 7.11 Å². The summed E-state index contributed by atoms with van der Waals surface area (Å²) in [5.74, 6) is 0.858. The zero-order valence-corrected chi connectivity index (χ0v) is 13.1. The molecule has 0 atom stereocenters. The smallest absolute Gasteiger partial charge is 0.119 e. The summed E-state index contributed by atoms with van der Waals surface area (Å²) >= 11 is 0. The van der Waals surface area contributed by atoms with Crippen molar-refractivity contribution in [3.05, 3.63) is 90.0 Å². The fourth-order valence-electron chi connectivity index (χ4n) is 2.28. The van der Waals surface area contributed by atoms with Crippen molar-refractivity contribution < 1.29 is 4.74 Å². The molecule has 3 rings (SSSR count). The lowest BCUT2D eigenvalue weighted by Crippen LogP contribution is -1.90. The Labute approximate surface area is 137 Å². The standard InChI is InChI=1S/C21H19NO/c1-23-21-15-13-20(14-16-21)22-19-11-9-18(10-12-19)8-7-17-5-3-2-4-6-17/h2-16,22H,1H3. The van der Waals surface area contributed by atoms with E-state index >= 15 is 0 Å². The van der Waals surface area contributed by atoms with Crippen molar-refractivity contribution in [3.63, 3.8) is 0 Å². The highest BCUT2D eigenvalue weighted by molar-refractivity contribution is 5.71. The molecule has 0 spiro atoms. The van der Waals surface area contributed by atoms with Crippen LogP contribution in [0.1, 0.15) is 11.1 Å². The Morgan fingerprint density at radius 1 is 0.652 bits per heavy atom. The predicted molar refractivity (Wildman–Crippen MR) is 98.1 cm³/mol. The molecule has 2 heteroatoms. The fourth-order valence-corrected chi connectivity index (χ4v) is 2.28. The van der Waals surface area contributed by atoms with Gasteiger partial charge in [0, 0.05) is 11.4 Å². The van der Waals surface area contributed by atoms with Crippen molar-refractivity contribution in [2.24, 2.45) is 0 Å². The Kier molecular flexibility index (Phi) is 4.75. The summed E-state index contributed by atoms with van der Waals surface area (Å²) in [6.07, 6.45) is 4.23. The van der Waals surface area contributed by atoms with E-state index in [4.69, 9.17) is 4.74 Å². The Hall–Kier alpha value is -3.00. The van der Waals surface area contributed by atoms with Crippen molar-refractivity contribution >= 4 is 23.5 Å². The van der Waals surface area contributed by atoms with Gasteiger partial charge in [0.15, 0.2) is 0 Å². The van der Waals surface area contributed by atoms with E-state index < -0.39 is 0 Å². The first-order chi connectivity index (χ1) is 11.3. The molecule has 23 heavy (non-hydrogen) atoms. The molecule has 3 aromatic carbocycles. The van der Waals surface area contributed by atoms with Crippen LogP contribution < -0.4 is 10.1 Å². The lowest BCUT2D eigenvalue weighted by atomic mass is 10.1. The molecule has 0 fully saturated rings. The van der Waals surface area contributed by atoms with Gasteiger partial charge in [-0.1, -0.05) is 54.6 Å². The fraction of sp³-hybridized carbons (Fsp3) is 0.0476. The molecule has 0 unspecified atom stereocenters. The molecule has 1 N–H and O–H groups in total. The number of benzene rings is 3. The Morgan fingerprint density at radius 3 is 1.74 bits per heavy atom. The van der Waals surface area contributed by atoms with Crippen LogP contribution in [0.5, 0.6) is 5.75 Å². The summed E-state index contributed by atoms with van der Waals surface area (Å²) in [5, 5.41) is 3.38. The average Bonchev–Trinajstić information content (AvgIpc) is 2.63. The molecule has 0 bridgehead atoms. The van der Waals surface area contributed by atoms with Gasteiger partial charge in [0.1, 0.15) is 5.75 Å². The molecule has 0 saturated carbocycles. The van der Waals surface area contributed by atoms with E-state index in [1.165, 1.54) is 11.1 Å². The van der Waals surface area contributed by atoms with Gasteiger partial charge < -0.3 is 10.1 Å². The summed E-state index contributed by atoms with van der Waals surface area (Å²) in [5.41, 5.74) is 4.48. The Balaban J connectivity index is 1.65. The zero-order valence-electron chi connectivity index (χ0n) is 13.1. The second kappa shape index (κ2) is 7.32. The summed E-state index contributed by atoms with van der Waals surface area (Å²) in [6, 6.07) is 26.6. The average molecular weight is 301 g/mol. The number of hydrogen-bond acceptors (Lipinski definition) is 2. The van der Waals surface area contributed by atoms with E-state index in [-0.39, 0.29) is 0 Å². The molecule has 0 radical (unpaired) electrons. The molecule has 0 amide bonds. The maximum atomic E-state index is 5.16. The molecule has 0 aromatic heterocycles. The van der Waals surface area contributed by atoms with Crippen LogP contribution in [-0.2, 0) is 0 Å². The van der Waals surface area contributed by atoms with Gasteiger partial charge in [0.25, 0.3) is 0 Å². The second-order valence-electron chi connectivity index (χ2n) is 5.22. The van der Waals surface area contributed by atoms with E-state index in [9.17, 15) is 0 Å². The quantitative estimate of drug-likeness (QED) is 0.618. The molecule has 0 heterocycles. The molecular formula is C21H19NO. The zero-order chi connectivity index (χ0) is 15.9. The van der Waals surface area contributed by atoms with Gasteiger partial charge in [-0.3, -0.25) is 0 Å². The van der Waals surface area contributed by atoms with E-state index in [2.05, 4.69) is 53.9 Å². The summed E-state index contributed by atoms with van der Waals surface area (Å²) in [7, 11) is 1.67. The highest BCUT2D eigenvalue weighted by atomic mass is 16.5. The van der Waals surface area contributed by atoms with Crippen LogP contribution in [0.4, 0.5) is 11.4 Å². The van der Waals surface area contributed by atoms with Crippen LogP contribution in [0.2, 0.25) is 0 Å². The van der Waals surface area contributed by atoms with Gasteiger partial charge in [-0.25, -0.2) is 0 Å². The number of rotatable bonds is 5. The van der Waals surface area contributed by atoms with Gasteiger partial charge in [-0.05, 0) is 47.5 Å². The maximum Gasteiger partial charge on any atom is 0.119 e. The maximum absolute atomic E-state index is 5.16. The van der Waals surface area contributed by atoms with E-state index in [0.717, 1.165) is 17.1 Å². The largest absolute Gasteiger partial charge is 0.497 e. The minimum atomic E-state index is 0.858. The topological polar surface area (TPSA) is 21.3 Å². The molecule has 0 saturated heterocycles. The molecule has 114 valence electrons. The number of hydrogen-bond donors (Lipinski definition) is 1. The van der Waals surface area contributed by atoms with Gasteiger partial charge in [-0.2, -0.15) is 0 Å². The minimum absolute atomic E-state index is 0.858. The van der Waals surface area contributed by atoms with E-state index in [1.807, 2.05) is 42.5 Å². The first-order valence-corrected chi connectivity index (χ1v) is 7.58. The van der Waals surface area contributed by atoms with Crippen molar-refractivity contribution in [2.45, 2.75) is 0 Å². The predicted octanol–water partition coefficient (Wildman–Crippen LogP) is 5.61. The van der Waals surface area contributed by atoms with Gasteiger partial charge in [-0.15, -0.1) is 0 Å². The molecule has 3 aromatic rings. The Bertz CT molecular complexity index is 759. The van der Waals surface area contributed by atoms with E-state index in [0.29, 0.717) is 0 Å². The Morgan fingerprint density at radius 2 is 1.17 bits per heavy atom. The SMILES string of the molecule is COc1ccc(Nc2ccc(C=Cc3ccccc3)cc2)cc1. The summed E-state index contributed by atoms with van der Waals surface area (Å²) in [6.45, 7) is 0. The molecular weight excluding hydrogens is 282 g/mol.